The normalized spacial score (nSPS) is 12.9. The van der Waals surface area contributed by atoms with Crippen LogP contribution < -0.4 is 4.72 Å². The highest BCUT2D eigenvalue weighted by Crippen LogP contribution is 2.22. The number of hydrogen-bond acceptors (Lipinski definition) is 4. The summed E-state index contributed by atoms with van der Waals surface area (Å²) in [4.78, 5) is 2.87. The Morgan fingerprint density at radius 3 is 2.35 bits per heavy atom. The fraction of sp³-hybridized carbons (Fsp3) is 0.125. The van der Waals surface area contributed by atoms with Gasteiger partial charge in [-0.1, -0.05) is 12.1 Å². The second kappa shape index (κ2) is 6.89. The van der Waals surface area contributed by atoms with Gasteiger partial charge in [-0.15, -0.1) is 0 Å². The molecule has 0 saturated carbocycles. The van der Waals surface area contributed by atoms with Crippen molar-refractivity contribution in [2.24, 2.45) is 0 Å². The van der Waals surface area contributed by atoms with Gasteiger partial charge in [0.1, 0.15) is 17.6 Å². The van der Waals surface area contributed by atoms with Crippen molar-refractivity contribution in [1.82, 2.24) is 19.5 Å². The van der Waals surface area contributed by atoms with Crippen molar-refractivity contribution in [2.45, 2.75) is 17.9 Å². The minimum absolute atomic E-state index is 0.560. The number of benzene rings is 2. The minimum atomic E-state index is -4.39. The minimum Gasteiger partial charge on any atom is -0.223 e. The van der Waals surface area contributed by atoms with Gasteiger partial charge in [-0.2, -0.15) is 5.10 Å². The maximum Gasteiger partial charge on any atom is 0.244 e. The predicted octanol–water partition coefficient (Wildman–Crippen LogP) is 2.72. The molecule has 0 aliphatic rings. The molecule has 1 atom stereocenters. The predicted molar refractivity (Wildman–Crippen MR) is 86.4 cm³/mol. The van der Waals surface area contributed by atoms with Gasteiger partial charge in [-0.25, -0.2) is 36.0 Å². The monoisotopic (exact) mass is 382 g/mol. The quantitative estimate of drug-likeness (QED) is 0.689. The lowest BCUT2D eigenvalue weighted by Gasteiger charge is -2.15. The summed E-state index contributed by atoms with van der Waals surface area (Å²) in [5.74, 6) is -5.05. The summed E-state index contributed by atoms with van der Waals surface area (Å²) in [6, 6.07) is 7.22. The number of nitrogens with one attached hydrogen (secondary N) is 1. The Kier molecular flexibility index (Phi) is 4.79. The van der Waals surface area contributed by atoms with Crippen LogP contribution in [0.1, 0.15) is 18.5 Å². The van der Waals surface area contributed by atoms with Crippen LogP contribution in [-0.2, 0) is 10.0 Å². The van der Waals surface area contributed by atoms with Gasteiger partial charge in [0.2, 0.25) is 10.0 Å². The number of aromatic nitrogens is 3. The average Bonchev–Trinajstić information content (AvgIpc) is 3.14. The van der Waals surface area contributed by atoms with Crippen LogP contribution in [0.15, 0.2) is 53.9 Å². The summed E-state index contributed by atoms with van der Waals surface area (Å²) in [7, 11) is -4.39. The van der Waals surface area contributed by atoms with Crippen LogP contribution in [0.25, 0.3) is 5.69 Å². The summed E-state index contributed by atoms with van der Waals surface area (Å²) < 4.78 is 68.4. The third-order valence-electron chi connectivity index (χ3n) is 3.70. The lowest BCUT2D eigenvalue weighted by molar-refractivity contribution is 0.431. The molecule has 0 amide bonds. The molecule has 0 bridgehead atoms. The van der Waals surface area contributed by atoms with Crippen molar-refractivity contribution < 1.29 is 21.6 Å². The van der Waals surface area contributed by atoms with E-state index in [0.717, 1.165) is 0 Å². The molecule has 0 fully saturated rings. The zero-order valence-electron chi connectivity index (χ0n) is 13.4. The maximum atomic E-state index is 13.8. The lowest BCUT2D eigenvalue weighted by atomic mass is 10.1. The topological polar surface area (TPSA) is 76.9 Å². The van der Waals surface area contributed by atoms with Gasteiger partial charge < -0.3 is 0 Å². The van der Waals surface area contributed by atoms with E-state index < -0.39 is 38.4 Å². The van der Waals surface area contributed by atoms with Crippen molar-refractivity contribution in [2.75, 3.05) is 0 Å². The second-order valence-corrected chi connectivity index (χ2v) is 7.13. The van der Waals surface area contributed by atoms with Crippen LogP contribution in [0.2, 0.25) is 0 Å². The molecule has 26 heavy (non-hydrogen) atoms. The average molecular weight is 382 g/mol. The zero-order chi connectivity index (χ0) is 18.9. The maximum absolute atomic E-state index is 13.8. The first-order chi connectivity index (χ1) is 12.3. The van der Waals surface area contributed by atoms with Crippen LogP contribution in [0.4, 0.5) is 13.2 Å². The van der Waals surface area contributed by atoms with Crippen molar-refractivity contribution in [3.63, 3.8) is 0 Å². The van der Waals surface area contributed by atoms with Gasteiger partial charge in [0.15, 0.2) is 17.5 Å². The van der Waals surface area contributed by atoms with Gasteiger partial charge >= 0.3 is 0 Å². The number of nitrogens with zero attached hydrogens (tertiary/aromatic N) is 3. The van der Waals surface area contributed by atoms with Crippen molar-refractivity contribution in [3.05, 3.63) is 72.1 Å². The molecular weight excluding hydrogens is 369 g/mol. The lowest BCUT2D eigenvalue weighted by Crippen LogP contribution is -2.28. The molecule has 10 heteroatoms. The van der Waals surface area contributed by atoms with E-state index in [9.17, 15) is 21.6 Å². The number of sulfonamides is 1. The summed E-state index contributed by atoms with van der Waals surface area (Å²) in [5.41, 5.74) is 1.30. The van der Waals surface area contributed by atoms with E-state index in [1.807, 2.05) is 0 Å². The van der Waals surface area contributed by atoms with Crippen LogP contribution in [0, 0.1) is 17.5 Å². The third kappa shape index (κ3) is 3.46. The van der Waals surface area contributed by atoms with E-state index in [1.54, 1.807) is 31.2 Å². The molecule has 3 aromatic rings. The molecule has 2 aromatic carbocycles. The highest BCUT2D eigenvalue weighted by atomic mass is 32.2. The van der Waals surface area contributed by atoms with E-state index in [-0.39, 0.29) is 0 Å². The standard InChI is InChI=1S/C16H13F3N4O2S/c1-10(11-2-4-12(5-3-11)23-9-20-8-21-23)22-26(24,25)14-7-6-13(17)15(18)16(14)19/h2-10,22H,1H3. The van der Waals surface area contributed by atoms with E-state index in [0.29, 0.717) is 23.4 Å². The molecule has 1 unspecified atom stereocenters. The van der Waals surface area contributed by atoms with Gasteiger partial charge in [0.05, 0.1) is 5.69 Å². The van der Waals surface area contributed by atoms with Crippen LogP contribution in [0.3, 0.4) is 0 Å². The largest absolute Gasteiger partial charge is 0.244 e. The molecular formula is C16H13F3N4O2S. The molecule has 1 aromatic heterocycles. The highest BCUT2D eigenvalue weighted by molar-refractivity contribution is 7.89. The van der Waals surface area contributed by atoms with Crippen LogP contribution >= 0.6 is 0 Å². The molecule has 0 aliphatic heterocycles. The molecule has 1 N–H and O–H groups in total. The van der Waals surface area contributed by atoms with E-state index in [4.69, 9.17) is 0 Å². The Morgan fingerprint density at radius 2 is 1.73 bits per heavy atom. The molecule has 3 rings (SSSR count). The molecule has 0 radical (unpaired) electrons. The first kappa shape index (κ1) is 18.1. The van der Waals surface area contributed by atoms with Crippen molar-refractivity contribution in [3.8, 4) is 5.69 Å². The molecule has 1 heterocycles. The Hall–Kier alpha value is -2.72. The first-order valence-corrected chi connectivity index (χ1v) is 8.88. The molecule has 136 valence electrons. The Balaban J connectivity index is 1.83. The molecule has 0 aliphatic carbocycles. The van der Waals surface area contributed by atoms with Gasteiger partial charge in [-0.3, -0.25) is 0 Å². The number of halogens is 3. The molecule has 0 saturated heterocycles. The van der Waals surface area contributed by atoms with Crippen LogP contribution in [-0.4, -0.2) is 23.2 Å². The summed E-state index contributed by atoms with van der Waals surface area (Å²) >= 11 is 0. The summed E-state index contributed by atoms with van der Waals surface area (Å²) in [6.45, 7) is 1.54. The van der Waals surface area contributed by atoms with Gasteiger partial charge in [0.25, 0.3) is 0 Å². The van der Waals surface area contributed by atoms with Gasteiger partial charge in [0, 0.05) is 6.04 Å². The second-order valence-electron chi connectivity index (χ2n) is 5.45. The Labute approximate surface area is 147 Å². The number of hydrogen-bond donors (Lipinski definition) is 1. The number of rotatable bonds is 5. The van der Waals surface area contributed by atoms with Crippen molar-refractivity contribution in [1.29, 1.82) is 0 Å². The summed E-state index contributed by atoms with van der Waals surface area (Å²) in [6.07, 6.45) is 2.88. The van der Waals surface area contributed by atoms with Crippen LogP contribution in [0.5, 0.6) is 0 Å². The van der Waals surface area contributed by atoms with Gasteiger partial charge in [-0.05, 0) is 36.8 Å². The Bertz CT molecular complexity index is 1020. The molecule has 0 spiro atoms. The van der Waals surface area contributed by atoms with E-state index in [1.165, 1.54) is 17.3 Å². The van der Waals surface area contributed by atoms with E-state index >= 15 is 0 Å². The smallest absolute Gasteiger partial charge is 0.223 e. The first-order valence-electron chi connectivity index (χ1n) is 7.40. The molecule has 6 nitrogen and oxygen atoms in total. The SMILES string of the molecule is CC(NS(=O)(=O)c1ccc(F)c(F)c1F)c1ccc(-n2cncn2)cc1. The Morgan fingerprint density at radius 1 is 1.04 bits per heavy atom. The zero-order valence-corrected chi connectivity index (χ0v) is 14.2. The van der Waals surface area contributed by atoms with Crippen molar-refractivity contribution >= 4 is 10.0 Å². The fourth-order valence-electron chi connectivity index (χ4n) is 2.34. The third-order valence-corrected chi connectivity index (χ3v) is 5.26. The fourth-order valence-corrected chi connectivity index (χ4v) is 3.64. The van der Waals surface area contributed by atoms with E-state index in [2.05, 4.69) is 14.8 Å². The summed E-state index contributed by atoms with van der Waals surface area (Å²) in [5, 5.41) is 3.97. The highest BCUT2D eigenvalue weighted by Gasteiger charge is 2.25.